The van der Waals surface area contributed by atoms with Crippen LogP contribution >= 0.6 is 0 Å². The molecule has 0 bridgehead atoms. The van der Waals surface area contributed by atoms with Crippen molar-refractivity contribution in [1.82, 2.24) is 0 Å². The van der Waals surface area contributed by atoms with Crippen LogP contribution in [0.25, 0.3) is 0 Å². The number of ether oxygens (including phenoxy) is 1. The molecule has 0 aliphatic rings. The highest BCUT2D eigenvalue weighted by molar-refractivity contribution is 6.74. The molecule has 0 aromatic carbocycles. The normalized spacial score (nSPS) is 14.4. The Balaban J connectivity index is 4.38. The van der Waals surface area contributed by atoms with E-state index in [1.54, 1.807) is 0 Å². The zero-order valence-electron chi connectivity index (χ0n) is 13.1. The maximum absolute atomic E-state index is 10.8. The summed E-state index contributed by atoms with van der Waals surface area (Å²) in [6, 6.07) is 0. The Kier molecular flexibility index (Phi) is 7.15. The molecule has 0 heterocycles. The van der Waals surface area contributed by atoms with E-state index in [0.29, 0.717) is 6.61 Å². The van der Waals surface area contributed by atoms with Crippen LogP contribution in [0.15, 0.2) is 0 Å². The van der Waals surface area contributed by atoms with Crippen LogP contribution in [-0.4, -0.2) is 27.0 Å². The van der Waals surface area contributed by atoms with Crippen LogP contribution in [0.4, 0.5) is 0 Å². The number of carbonyl (C=O) groups excluding carboxylic acids is 1. The van der Waals surface area contributed by atoms with Crippen LogP contribution in [0.3, 0.4) is 0 Å². The summed E-state index contributed by atoms with van der Waals surface area (Å²) in [4.78, 5) is 10.8. The maximum Gasteiger partial charge on any atom is 0.302 e. The Hall–Kier alpha value is -0.353. The first kappa shape index (κ1) is 17.6. The number of hydrogen-bond donors (Lipinski definition) is 0. The van der Waals surface area contributed by atoms with Crippen molar-refractivity contribution in [3.8, 4) is 0 Å². The van der Waals surface area contributed by atoms with E-state index in [0.717, 1.165) is 19.3 Å². The van der Waals surface area contributed by atoms with E-state index in [1.165, 1.54) is 6.92 Å². The smallest absolute Gasteiger partial charge is 0.302 e. The van der Waals surface area contributed by atoms with Crippen LogP contribution in [0.1, 0.15) is 53.9 Å². The van der Waals surface area contributed by atoms with Gasteiger partial charge in [-0.25, -0.2) is 0 Å². The quantitative estimate of drug-likeness (QED) is 0.517. The Bertz CT molecular complexity index is 256. The third-order valence-electron chi connectivity index (χ3n) is 3.62. The number of carbonyl (C=O) groups is 1. The van der Waals surface area contributed by atoms with E-state index in [-0.39, 0.29) is 17.1 Å². The second kappa shape index (κ2) is 7.29. The lowest BCUT2D eigenvalue weighted by atomic mass is 10.1. The minimum absolute atomic E-state index is 0.211. The SMILES string of the molecule is CCCC(CCOC(C)=O)O[Si](C)(C)C(C)(C)C. The van der Waals surface area contributed by atoms with E-state index in [2.05, 4.69) is 40.8 Å². The first-order chi connectivity index (χ1) is 8.10. The Morgan fingerprint density at radius 3 is 2.17 bits per heavy atom. The van der Waals surface area contributed by atoms with Crippen LogP contribution < -0.4 is 0 Å². The van der Waals surface area contributed by atoms with Crippen molar-refractivity contribution in [3.05, 3.63) is 0 Å². The molecular formula is C14H30O3Si. The lowest BCUT2D eigenvalue weighted by molar-refractivity contribution is -0.141. The molecule has 1 atom stereocenters. The monoisotopic (exact) mass is 274 g/mol. The highest BCUT2D eigenvalue weighted by Crippen LogP contribution is 2.38. The average Bonchev–Trinajstić information content (AvgIpc) is 2.14. The van der Waals surface area contributed by atoms with Crippen molar-refractivity contribution in [2.75, 3.05) is 6.61 Å². The van der Waals surface area contributed by atoms with Gasteiger partial charge < -0.3 is 9.16 Å². The molecule has 0 rings (SSSR count). The fraction of sp³-hybridized carbons (Fsp3) is 0.929. The molecule has 0 spiro atoms. The molecule has 0 fully saturated rings. The number of rotatable bonds is 7. The molecule has 0 aromatic rings. The Morgan fingerprint density at radius 2 is 1.78 bits per heavy atom. The van der Waals surface area contributed by atoms with Gasteiger partial charge in [-0.1, -0.05) is 34.1 Å². The van der Waals surface area contributed by atoms with Crippen molar-refractivity contribution in [1.29, 1.82) is 0 Å². The molecule has 0 saturated carbocycles. The van der Waals surface area contributed by atoms with E-state index >= 15 is 0 Å². The van der Waals surface area contributed by atoms with E-state index in [9.17, 15) is 4.79 Å². The second-order valence-electron chi connectivity index (χ2n) is 6.42. The van der Waals surface area contributed by atoms with Crippen molar-refractivity contribution in [3.63, 3.8) is 0 Å². The fourth-order valence-corrected chi connectivity index (χ4v) is 2.93. The van der Waals surface area contributed by atoms with Crippen LogP contribution in [0.2, 0.25) is 18.1 Å². The molecule has 0 N–H and O–H groups in total. The van der Waals surface area contributed by atoms with Crippen molar-refractivity contribution < 1.29 is 14.0 Å². The summed E-state index contributed by atoms with van der Waals surface area (Å²) in [7, 11) is -1.72. The van der Waals surface area contributed by atoms with Gasteiger partial charge in [-0.2, -0.15) is 0 Å². The highest BCUT2D eigenvalue weighted by Gasteiger charge is 2.38. The fourth-order valence-electron chi connectivity index (χ4n) is 1.51. The Labute approximate surface area is 113 Å². The summed E-state index contributed by atoms with van der Waals surface area (Å²) in [5, 5.41) is 0.223. The minimum atomic E-state index is -1.72. The highest BCUT2D eigenvalue weighted by atomic mass is 28.4. The predicted molar refractivity (Wildman–Crippen MR) is 78.2 cm³/mol. The molecule has 3 nitrogen and oxygen atoms in total. The molecule has 0 aliphatic carbocycles. The molecule has 0 aromatic heterocycles. The van der Waals surface area contributed by atoms with Gasteiger partial charge in [0, 0.05) is 19.4 Å². The summed E-state index contributed by atoms with van der Waals surface area (Å²) < 4.78 is 11.4. The minimum Gasteiger partial charge on any atom is -0.466 e. The molecule has 18 heavy (non-hydrogen) atoms. The molecule has 0 aliphatic heterocycles. The lowest BCUT2D eigenvalue weighted by Gasteiger charge is -2.39. The zero-order valence-corrected chi connectivity index (χ0v) is 14.1. The van der Waals surface area contributed by atoms with E-state index in [4.69, 9.17) is 9.16 Å². The third kappa shape index (κ3) is 6.54. The first-order valence-corrected chi connectivity index (χ1v) is 9.82. The average molecular weight is 274 g/mol. The summed E-state index contributed by atoms with van der Waals surface area (Å²) >= 11 is 0. The number of esters is 1. The lowest BCUT2D eigenvalue weighted by Crippen LogP contribution is -2.44. The van der Waals surface area contributed by atoms with Crippen molar-refractivity contribution in [2.24, 2.45) is 0 Å². The van der Waals surface area contributed by atoms with Gasteiger partial charge in [-0.15, -0.1) is 0 Å². The second-order valence-corrected chi connectivity index (χ2v) is 11.2. The van der Waals surface area contributed by atoms with E-state index < -0.39 is 8.32 Å². The number of hydrogen-bond acceptors (Lipinski definition) is 3. The predicted octanol–water partition coefficient (Wildman–Crippen LogP) is 4.13. The molecule has 0 saturated heterocycles. The standard InChI is InChI=1S/C14H30O3Si/c1-8-9-13(10-11-16-12(2)15)17-18(6,7)14(3,4)5/h13H,8-11H2,1-7H3. The first-order valence-electron chi connectivity index (χ1n) is 6.91. The van der Waals surface area contributed by atoms with Crippen molar-refractivity contribution in [2.45, 2.75) is 78.1 Å². The van der Waals surface area contributed by atoms with Crippen LogP contribution in [0, 0.1) is 0 Å². The third-order valence-corrected chi connectivity index (χ3v) is 8.16. The van der Waals surface area contributed by atoms with Gasteiger partial charge in [0.2, 0.25) is 0 Å². The molecule has 1 unspecified atom stereocenters. The largest absolute Gasteiger partial charge is 0.466 e. The molecule has 4 heteroatoms. The topological polar surface area (TPSA) is 35.5 Å². The van der Waals surface area contributed by atoms with Crippen LogP contribution in [0.5, 0.6) is 0 Å². The summed E-state index contributed by atoms with van der Waals surface area (Å²) in [5.74, 6) is -0.211. The van der Waals surface area contributed by atoms with Gasteiger partial charge in [0.1, 0.15) is 0 Å². The Morgan fingerprint density at radius 1 is 1.22 bits per heavy atom. The van der Waals surface area contributed by atoms with E-state index in [1.807, 2.05) is 0 Å². The summed E-state index contributed by atoms with van der Waals surface area (Å²) in [5.41, 5.74) is 0. The molecule has 0 radical (unpaired) electrons. The van der Waals surface area contributed by atoms with Crippen molar-refractivity contribution >= 4 is 14.3 Å². The molecular weight excluding hydrogens is 244 g/mol. The summed E-state index contributed by atoms with van der Waals surface area (Å²) in [6.07, 6.45) is 3.16. The van der Waals surface area contributed by atoms with Gasteiger partial charge in [0.15, 0.2) is 8.32 Å². The van der Waals surface area contributed by atoms with Gasteiger partial charge in [0.05, 0.1) is 6.61 Å². The van der Waals surface area contributed by atoms with Gasteiger partial charge in [-0.05, 0) is 24.6 Å². The summed E-state index contributed by atoms with van der Waals surface area (Å²) in [6.45, 7) is 15.3. The zero-order chi connectivity index (χ0) is 14.4. The molecule has 0 amide bonds. The maximum atomic E-state index is 10.8. The van der Waals surface area contributed by atoms with Gasteiger partial charge in [0.25, 0.3) is 0 Å². The van der Waals surface area contributed by atoms with Gasteiger partial charge >= 0.3 is 5.97 Å². The van der Waals surface area contributed by atoms with Crippen LogP contribution in [-0.2, 0) is 14.0 Å². The van der Waals surface area contributed by atoms with Gasteiger partial charge in [-0.3, -0.25) is 4.79 Å². The molecule has 108 valence electrons.